The molecule has 4 rings (SSSR count). The summed E-state index contributed by atoms with van der Waals surface area (Å²) < 4.78 is 0. The first-order valence-corrected chi connectivity index (χ1v) is 9.51. The SMILES string of the molecule is O=C1Nc2ccccc2C[C@@H]1CCC(=O)N1Cc2ccccc2C[C@@H]1C(=O)O. The van der Waals surface area contributed by atoms with E-state index in [0.717, 1.165) is 22.4 Å². The molecule has 0 unspecified atom stereocenters. The highest BCUT2D eigenvalue weighted by Gasteiger charge is 2.35. The van der Waals surface area contributed by atoms with E-state index in [1.807, 2.05) is 48.5 Å². The predicted octanol–water partition coefficient (Wildman–Crippen LogP) is 2.62. The van der Waals surface area contributed by atoms with Gasteiger partial charge in [0.15, 0.2) is 0 Å². The Morgan fingerprint density at radius 2 is 1.68 bits per heavy atom. The lowest BCUT2D eigenvalue weighted by Crippen LogP contribution is -2.48. The van der Waals surface area contributed by atoms with Crippen molar-refractivity contribution in [3.8, 4) is 0 Å². The van der Waals surface area contributed by atoms with Crippen LogP contribution in [0, 0.1) is 5.92 Å². The molecule has 2 aliphatic heterocycles. The Balaban J connectivity index is 1.44. The minimum absolute atomic E-state index is 0.0784. The molecule has 0 spiro atoms. The highest BCUT2D eigenvalue weighted by atomic mass is 16.4. The first-order chi connectivity index (χ1) is 13.5. The fourth-order valence-corrected chi connectivity index (χ4v) is 4.09. The Bertz CT molecular complexity index is 940. The first kappa shape index (κ1) is 18.2. The lowest BCUT2D eigenvalue weighted by molar-refractivity contribution is -0.151. The third-order valence-corrected chi connectivity index (χ3v) is 5.67. The summed E-state index contributed by atoms with van der Waals surface area (Å²) in [4.78, 5) is 38.4. The van der Waals surface area contributed by atoms with Crippen molar-refractivity contribution in [2.24, 2.45) is 5.92 Å². The number of benzene rings is 2. The lowest BCUT2D eigenvalue weighted by atomic mass is 9.89. The minimum atomic E-state index is -0.993. The van der Waals surface area contributed by atoms with Gasteiger partial charge in [-0.15, -0.1) is 0 Å². The molecule has 2 amide bonds. The van der Waals surface area contributed by atoms with E-state index >= 15 is 0 Å². The Morgan fingerprint density at radius 3 is 2.43 bits per heavy atom. The summed E-state index contributed by atoms with van der Waals surface area (Å²) in [7, 11) is 0. The van der Waals surface area contributed by atoms with Gasteiger partial charge in [-0.1, -0.05) is 42.5 Å². The maximum atomic E-state index is 12.8. The Morgan fingerprint density at radius 1 is 1.00 bits per heavy atom. The summed E-state index contributed by atoms with van der Waals surface area (Å²) >= 11 is 0. The number of carbonyl (C=O) groups excluding carboxylic acids is 2. The maximum absolute atomic E-state index is 12.8. The van der Waals surface area contributed by atoms with Gasteiger partial charge in [-0.25, -0.2) is 4.79 Å². The van der Waals surface area contributed by atoms with Crippen LogP contribution >= 0.6 is 0 Å². The summed E-state index contributed by atoms with van der Waals surface area (Å²) in [5.41, 5.74) is 3.85. The molecule has 2 aromatic carbocycles. The van der Waals surface area contributed by atoms with Gasteiger partial charge in [0.1, 0.15) is 6.04 Å². The van der Waals surface area contributed by atoms with E-state index in [2.05, 4.69) is 5.32 Å². The van der Waals surface area contributed by atoms with E-state index in [1.54, 1.807) is 0 Å². The monoisotopic (exact) mass is 378 g/mol. The number of rotatable bonds is 4. The van der Waals surface area contributed by atoms with Gasteiger partial charge in [0.2, 0.25) is 11.8 Å². The van der Waals surface area contributed by atoms with Gasteiger partial charge in [0.25, 0.3) is 0 Å². The summed E-state index contributed by atoms with van der Waals surface area (Å²) in [5.74, 6) is -1.56. The molecule has 2 N–H and O–H groups in total. The van der Waals surface area contributed by atoms with E-state index in [4.69, 9.17) is 0 Å². The topological polar surface area (TPSA) is 86.7 Å². The number of para-hydroxylation sites is 1. The zero-order chi connectivity index (χ0) is 19.7. The van der Waals surface area contributed by atoms with Crippen LogP contribution in [0.2, 0.25) is 0 Å². The number of nitrogens with zero attached hydrogens (tertiary/aromatic N) is 1. The van der Waals surface area contributed by atoms with Gasteiger partial charge >= 0.3 is 5.97 Å². The number of aliphatic carboxylic acids is 1. The molecule has 0 saturated heterocycles. The van der Waals surface area contributed by atoms with Crippen LogP contribution in [0.25, 0.3) is 0 Å². The van der Waals surface area contributed by atoms with Gasteiger partial charge in [0.05, 0.1) is 0 Å². The number of hydrogen-bond donors (Lipinski definition) is 2. The number of carbonyl (C=O) groups is 3. The fourth-order valence-electron chi connectivity index (χ4n) is 4.09. The molecule has 6 heteroatoms. The number of nitrogens with one attached hydrogen (secondary N) is 1. The van der Waals surface area contributed by atoms with Crippen molar-refractivity contribution in [2.45, 2.75) is 38.3 Å². The largest absolute Gasteiger partial charge is 0.480 e. The van der Waals surface area contributed by atoms with Gasteiger partial charge in [-0.3, -0.25) is 9.59 Å². The van der Waals surface area contributed by atoms with Crippen molar-refractivity contribution < 1.29 is 19.5 Å². The van der Waals surface area contributed by atoms with E-state index in [0.29, 0.717) is 25.8 Å². The van der Waals surface area contributed by atoms with Crippen molar-refractivity contribution in [1.82, 2.24) is 4.90 Å². The smallest absolute Gasteiger partial charge is 0.326 e. The standard InChI is InChI=1S/C22H22N2O4/c25-20(10-9-16-11-15-6-3-4-8-18(15)23-21(16)26)24-13-17-7-2-1-5-14(17)12-19(24)22(27)28/h1-8,16,19H,9-13H2,(H,23,26)(H,27,28)/t16-,19+/m0/s1. The van der Waals surface area contributed by atoms with Crippen LogP contribution in [0.5, 0.6) is 0 Å². The Hall–Kier alpha value is -3.15. The quantitative estimate of drug-likeness (QED) is 0.856. The Labute approximate surface area is 163 Å². The second-order valence-corrected chi connectivity index (χ2v) is 7.43. The molecule has 28 heavy (non-hydrogen) atoms. The summed E-state index contributed by atoms with van der Waals surface area (Å²) in [5, 5.41) is 12.5. The van der Waals surface area contributed by atoms with Crippen molar-refractivity contribution in [2.75, 3.05) is 5.32 Å². The molecule has 6 nitrogen and oxygen atoms in total. The molecule has 144 valence electrons. The molecule has 2 aromatic rings. The van der Waals surface area contributed by atoms with Crippen LogP contribution < -0.4 is 5.32 Å². The van der Waals surface area contributed by atoms with Crippen molar-refractivity contribution in [3.63, 3.8) is 0 Å². The van der Waals surface area contributed by atoms with Crippen molar-refractivity contribution in [3.05, 3.63) is 65.2 Å². The highest BCUT2D eigenvalue weighted by Crippen LogP contribution is 2.29. The lowest BCUT2D eigenvalue weighted by Gasteiger charge is -2.35. The fraction of sp³-hybridized carbons (Fsp3) is 0.318. The van der Waals surface area contributed by atoms with E-state index < -0.39 is 12.0 Å². The van der Waals surface area contributed by atoms with Gasteiger partial charge < -0.3 is 15.3 Å². The van der Waals surface area contributed by atoms with Crippen molar-refractivity contribution >= 4 is 23.5 Å². The number of amides is 2. The van der Waals surface area contributed by atoms with Crippen LogP contribution in [0.4, 0.5) is 5.69 Å². The van der Waals surface area contributed by atoms with Crippen LogP contribution in [0.3, 0.4) is 0 Å². The number of anilines is 1. The number of hydrogen-bond acceptors (Lipinski definition) is 3. The minimum Gasteiger partial charge on any atom is -0.480 e. The third kappa shape index (κ3) is 3.50. The first-order valence-electron chi connectivity index (χ1n) is 9.51. The second kappa shape index (κ2) is 7.46. The van der Waals surface area contributed by atoms with E-state index in [9.17, 15) is 19.5 Å². The average Bonchev–Trinajstić information content (AvgIpc) is 2.70. The molecule has 0 bridgehead atoms. The zero-order valence-electron chi connectivity index (χ0n) is 15.4. The number of carboxylic acid groups (broad SMARTS) is 1. The summed E-state index contributed by atoms with van der Waals surface area (Å²) in [6, 6.07) is 14.4. The van der Waals surface area contributed by atoms with Crippen LogP contribution in [-0.4, -0.2) is 33.8 Å². The molecule has 0 aliphatic carbocycles. The molecular formula is C22H22N2O4. The van der Waals surface area contributed by atoms with Crippen LogP contribution in [0.15, 0.2) is 48.5 Å². The summed E-state index contributed by atoms with van der Waals surface area (Å²) in [6.45, 7) is 0.297. The average molecular weight is 378 g/mol. The molecular weight excluding hydrogens is 356 g/mol. The van der Waals surface area contributed by atoms with Gasteiger partial charge in [-0.05, 0) is 35.6 Å². The van der Waals surface area contributed by atoms with Crippen LogP contribution in [0.1, 0.15) is 29.5 Å². The second-order valence-electron chi connectivity index (χ2n) is 7.43. The van der Waals surface area contributed by atoms with Crippen LogP contribution in [-0.2, 0) is 33.8 Å². The molecule has 0 aromatic heterocycles. The molecule has 2 aliphatic rings. The highest BCUT2D eigenvalue weighted by molar-refractivity contribution is 5.96. The molecule has 0 saturated carbocycles. The van der Waals surface area contributed by atoms with E-state index in [-0.39, 0.29) is 24.2 Å². The number of fused-ring (bicyclic) bond motifs is 2. The third-order valence-electron chi connectivity index (χ3n) is 5.67. The molecule has 2 heterocycles. The number of carboxylic acids is 1. The molecule has 2 atom stereocenters. The normalized spacial score (nSPS) is 20.7. The predicted molar refractivity (Wildman–Crippen MR) is 104 cm³/mol. The molecule has 0 radical (unpaired) electrons. The van der Waals surface area contributed by atoms with Crippen molar-refractivity contribution in [1.29, 1.82) is 0 Å². The van der Waals surface area contributed by atoms with E-state index in [1.165, 1.54) is 4.90 Å². The van der Waals surface area contributed by atoms with Gasteiger partial charge in [-0.2, -0.15) is 0 Å². The zero-order valence-corrected chi connectivity index (χ0v) is 15.4. The van der Waals surface area contributed by atoms with Gasteiger partial charge in [0, 0.05) is 31.0 Å². The summed E-state index contributed by atoms with van der Waals surface area (Å²) in [6.07, 6.45) is 1.48. The molecule has 0 fully saturated rings. The maximum Gasteiger partial charge on any atom is 0.326 e. The Kier molecular flexibility index (Phi) is 4.86.